The van der Waals surface area contributed by atoms with Crippen LogP contribution in [0.5, 0.6) is 0 Å². The van der Waals surface area contributed by atoms with E-state index in [4.69, 9.17) is 11.5 Å². The second kappa shape index (κ2) is 6.92. The zero-order chi connectivity index (χ0) is 15.6. The van der Waals surface area contributed by atoms with Crippen molar-refractivity contribution >= 4 is 97.2 Å². The van der Waals surface area contributed by atoms with E-state index < -0.39 is 18.0 Å². The summed E-state index contributed by atoms with van der Waals surface area (Å²) in [4.78, 5) is 33.4. The summed E-state index contributed by atoms with van der Waals surface area (Å²) in [5.41, 5.74) is 10.5. The molecule has 0 fully saturated rings. The van der Waals surface area contributed by atoms with E-state index in [0.29, 0.717) is 10.7 Å². The lowest BCUT2D eigenvalue weighted by molar-refractivity contribution is 0.0694. The first-order valence-corrected chi connectivity index (χ1v) is 7.97. The van der Waals surface area contributed by atoms with Gasteiger partial charge in [-0.25, -0.2) is 14.4 Å². The summed E-state index contributed by atoms with van der Waals surface area (Å²) in [5.74, 6) is -1.20. The van der Waals surface area contributed by atoms with Crippen molar-refractivity contribution in [3.8, 4) is 0 Å². The van der Waals surface area contributed by atoms with Gasteiger partial charge < -0.3 is 27.2 Å². The Kier molecular flexibility index (Phi) is 6.05. The van der Waals surface area contributed by atoms with Crippen molar-refractivity contribution in [3.05, 3.63) is 16.3 Å². The van der Waals surface area contributed by atoms with Gasteiger partial charge in [0.2, 0.25) is 0 Å². The van der Waals surface area contributed by atoms with Crippen LogP contribution in [0.25, 0.3) is 0 Å². The first-order valence-electron chi connectivity index (χ1n) is 4.73. The van der Waals surface area contributed by atoms with Crippen LogP contribution in [0.15, 0.2) is 0 Å². The molecule has 108 valence electrons. The summed E-state index contributed by atoms with van der Waals surface area (Å²) in [6.07, 6.45) is 0. The highest BCUT2D eigenvalue weighted by molar-refractivity contribution is 14.1. The number of primary amides is 2. The largest absolute Gasteiger partial charge is 0.478 e. The van der Waals surface area contributed by atoms with E-state index in [1.54, 1.807) is 45.2 Å². The molecule has 4 amide bonds. The van der Waals surface area contributed by atoms with Gasteiger partial charge in [0.15, 0.2) is 0 Å². The maximum atomic E-state index is 11.3. The molecule has 7 N–H and O–H groups in total. The fourth-order valence-electron chi connectivity index (χ4n) is 1.32. The normalized spacial score (nSPS) is 9.95. The van der Waals surface area contributed by atoms with Gasteiger partial charge in [0.05, 0.1) is 27.6 Å². The van der Waals surface area contributed by atoms with E-state index in [0.717, 1.165) is 0 Å². The minimum absolute atomic E-state index is 0.0564. The number of rotatable bonds is 3. The second-order valence-electron chi connectivity index (χ2n) is 3.35. The predicted octanol–water partition coefficient (Wildman–Crippen LogP) is 2.18. The van der Waals surface area contributed by atoms with Crippen molar-refractivity contribution in [1.29, 1.82) is 0 Å². The zero-order valence-corrected chi connectivity index (χ0v) is 15.9. The highest BCUT2D eigenvalue weighted by Crippen LogP contribution is 2.38. The number of anilines is 2. The van der Waals surface area contributed by atoms with Gasteiger partial charge in [-0.3, -0.25) is 0 Å². The molecule has 1 rings (SSSR count). The van der Waals surface area contributed by atoms with Gasteiger partial charge in [0.25, 0.3) is 0 Å². The highest BCUT2D eigenvalue weighted by Gasteiger charge is 2.25. The highest BCUT2D eigenvalue weighted by atomic mass is 127. The molecule has 0 heterocycles. The maximum Gasteiger partial charge on any atom is 0.338 e. The number of benzene rings is 1. The molecule has 1 aromatic rings. The molecule has 0 aliphatic heterocycles. The molecular formula is C9H7I3N4O4. The molecule has 11 heteroatoms. The minimum Gasteiger partial charge on any atom is -0.478 e. The molecule has 0 unspecified atom stereocenters. The summed E-state index contributed by atoms with van der Waals surface area (Å²) in [7, 11) is 0. The monoisotopic (exact) mass is 616 g/mol. The number of carboxylic acid groups (broad SMARTS) is 1. The predicted molar refractivity (Wildman–Crippen MR) is 98.0 cm³/mol. The third-order valence-electron chi connectivity index (χ3n) is 2.03. The van der Waals surface area contributed by atoms with Crippen molar-refractivity contribution < 1.29 is 19.5 Å². The fraction of sp³-hybridized carbons (Fsp3) is 0. The van der Waals surface area contributed by atoms with E-state index in [-0.39, 0.29) is 16.9 Å². The van der Waals surface area contributed by atoms with Crippen LogP contribution in [-0.2, 0) is 0 Å². The van der Waals surface area contributed by atoms with Crippen molar-refractivity contribution in [2.45, 2.75) is 0 Å². The standard InChI is InChI=1S/C9H7I3N4O4/c10-2-1(7(17)18)3(11)6(16-9(14)20)4(12)5(2)15-8(13)19/h(H,17,18)(H3,13,15,19)(H3,14,16,20). The van der Waals surface area contributed by atoms with Crippen molar-refractivity contribution in [2.75, 3.05) is 10.6 Å². The number of hydrogen-bond donors (Lipinski definition) is 5. The third-order valence-corrected chi connectivity index (χ3v) is 5.26. The van der Waals surface area contributed by atoms with Crippen LogP contribution in [0.2, 0.25) is 0 Å². The van der Waals surface area contributed by atoms with Crippen LogP contribution in [0.1, 0.15) is 10.4 Å². The fourth-order valence-corrected chi connectivity index (χ4v) is 5.48. The molecule has 0 aromatic heterocycles. The van der Waals surface area contributed by atoms with Crippen LogP contribution in [0.4, 0.5) is 21.0 Å². The molecule has 0 radical (unpaired) electrons. The van der Waals surface area contributed by atoms with E-state index in [1.807, 2.05) is 22.6 Å². The molecule has 0 bridgehead atoms. The molecule has 0 aliphatic carbocycles. The average molecular weight is 616 g/mol. The zero-order valence-electron chi connectivity index (χ0n) is 9.46. The molecule has 20 heavy (non-hydrogen) atoms. The Bertz CT molecular complexity index is 577. The number of hydrogen-bond acceptors (Lipinski definition) is 3. The van der Waals surface area contributed by atoms with Gasteiger partial charge in [-0.15, -0.1) is 0 Å². The van der Waals surface area contributed by atoms with Crippen LogP contribution < -0.4 is 22.1 Å². The minimum atomic E-state index is -1.20. The molecule has 0 atom stereocenters. The summed E-state index contributed by atoms with van der Waals surface area (Å²) < 4.78 is 1.04. The SMILES string of the molecule is NC(=O)Nc1c(I)c(NC(N)=O)c(I)c(C(=O)O)c1I. The Labute approximate surface area is 153 Å². The molecule has 0 saturated carbocycles. The molecule has 8 nitrogen and oxygen atoms in total. The maximum absolute atomic E-state index is 11.3. The Morgan fingerprint density at radius 1 is 0.850 bits per heavy atom. The van der Waals surface area contributed by atoms with Gasteiger partial charge in [-0.2, -0.15) is 0 Å². The van der Waals surface area contributed by atoms with Gasteiger partial charge in [-0.1, -0.05) is 0 Å². The van der Waals surface area contributed by atoms with Gasteiger partial charge >= 0.3 is 18.0 Å². The Morgan fingerprint density at radius 3 is 1.45 bits per heavy atom. The van der Waals surface area contributed by atoms with Gasteiger partial charge in [-0.05, 0) is 67.8 Å². The van der Waals surface area contributed by atoms with E-state index in [2.05, 4.69) is 10.6 Å². The summed E-state index contributed by atoms with van der Waals surface area (Å²) in [5, 5.41) is 13.9. The second-order valence-corrected chi connectivity index (χ2v) is 6.59. The number of nitrogens with one attached hydrogen (secondary N) is 2. The number of halogens is 3. The Morgan fingerprint density at radius 2 is 1.20 bits per heavy atom. The lowest BCUT2D eigenvalue weighted by Crippen LogP contribution is -2.25. The average Bonchev–Trinajstić information content (AvgIpc) is 2.29. The van der Waals surface area contributed by atoms with E-state index >= 15 is 0 Å². The third kappa shape index (κ3) is 3.74. The molecule has 0 aliphatic rings. The number of nitrogens with two attached hydrogens (primary N) is 2. The van der Waals surface area contributed by atoms with Crippen molar-refractivity contribution in [3.63, 3.8) is 0 Å². The summed E-state index contributed by atoms with van der Waals surface area (Å²) in [6.45, 7) is 0. The summed E-state index contributed by atoms with van der Waals surface area (Å²) in [6, 6.07) is -1.69. The molecule has 0 saturated heterocycles. The van der Waals surface area contributed by atoms with Crippen LogP contribution in [0, 0.1) is 10.7 Å². The number of carbonyl (C=O) groups excluding carboxylic acids is 2. The van der Waals surface area contributed by atoms with E-state index in [9.17, 15) is 19.5 Å². The number of urea groups is 2. The smallest absolute Gasteiger partial charge is 0.338 e. The number of aromatic carboxylic acids is 1. The van der Waals surface area contributed by atoms with Gasteiger partial charge in [0, 0.05) is 0 Å². The summed E-state index contributed by atoms with van der Waals surface area (Å²) >= 11 is 5.43. The first-order chi connectivity index (χ1) is 9.16. The van der Waals surface area contributed by atoms with Crippen LogP contribution in [0.3, 0.4) is 0 Å². The van der Waals surface area contributed by atoms with Crippen molar-refractivity contribution in [2.24, 2.45) is 11.5 Å². The van der Waals surface area contributed by atoms with Crippen molar-refractivity contribution in [1.82, 2.24) is 0 Å². The van der Waals surface area contributed by atoms with Crippen LogP contribution in [-0.4, -0.2) is 23.1 Å². The van der Waals surface area contributed by atoms with Gasteiger partial charge in [0.1, 0.15) is 0 Å². The number of carbonyl (C=O) groups is 3. The Hall–Kier alpha value is -0.580. The van der Waals surface area contributed by atoms with Crippen LogP contribution >= 0.6 is 67.8 Å². The molecule has 1 aromatic carbocycles. The molecule has 0 spiro atoms. The quantitative estimate of drug-likeness (QED) is 0.332. The Balaban J connectivity index is 3.68. The van der Waals surface area contributed by atoms with E-state index in [1.165, 1.54) is 0 Å². The lowest BCUT2D eigenvalue weighted by atomic mass is 10.1. The lowest BCUT2D eigenvalue weighted by Gasteiger charge is -2.17. The molecular weight excluding hydrogens is 609 g/mol. The number of carboxylic acids is 1. The first kappa shape index (κ1) is 17.5. The topological polar surface area (TPSA) is 148 Å². The number of amides is 4.